The van der Waals surface area contributed by atoms with E-state index in [1.165, 1.54) is 16.1 Å². The molecular weight excluding hydrogens is 374 g/mol. The minimum absolute atomic E-state index is 0.0486. The molecule has 3 rings (SSSR count). The molecule has 0 aliphatic carbocycles. The summed E-state index contributed by atoms with van der Waals surface area (Å²) in [6.45, 7) is 4.89. The van der Waals surface area contributed by atoms with Gasteiger partial charge < -0.3 is 4.90 Å². The van der Waals surface area contributed by atoms with E-state index in [1.807, 2.05) is 23.1 Å². The van der Waals surface area contributed by atoms with Crippen LogP contribution in [0.15, 0.2) is 24.3 Å². The van der Waals surface area contributed by atoms with Gasteiger partial charge >= 0.3 is 0 Å². The monoisotopic (exact) mass is 399 g/mol. The lowest BCUT2D eigenvalue weighted by atomic mass is 9.96. The molecule has 2 saturated heterocycles. The Balaban J connectivity index is 1.47. The Morgan fingerprint density at radius 3 is 2.35 bits per heavy atom. The molecular formula is C18H26ClN3O3S. The number of piperazine rings is 1. The van der Waals surface area contributed by atoms with Crippen molar-refractivity contribution >= 4 is 27.5 Å². The summed E-state index contributed by atoms with van der Waals surface area (Å²) in [4.78, 5) is 17.0. The fourth-order valence-corrected chi connectivity index (χ4v) is 4.80. The quantitative estimate of drug-likeness (QED) is 0.772. The Kier molecular flexibility index (Phi) is 6.22. The number of amides is 1. The summed E-state index contributed by atoms with van der Waals surface area (Å²) in [5.74, 6) is 0.132. The molecule has 1 aromatic carbocycles. The predicted molar refractivity (Wildman–Crippen MR) is 102 cm³/mol. The number of hydrogen-bond acceptors (Lipinski definition) is 4. The van der Waals surface area contributed by atoms with Crippen molar-refractivity contribution in [3.05, 3.63) is 34.9 Å². The van der Waals surface area contributed by atoms with Crippen molar-refractivity contribution in [2.75, 3.05) is 45.5 Å². The van der Waals surface area contributed by atoms with E-state index >= 15 is 0 Å². The zero-order valence-corrected chi connectivity index (χ0v) is 16.7. The Bertz CT molecular complexity index is 740. The maximum Gasteiger partial charge on any atom is 0.225 e. The lowest BCUT2D eigenvalue weighted by Gasteiger charge is -2.38. The third-order valence-electron chi connectivity index (χ3n) is 5.25. The van der Waals surface area contributed by atoms with E-state index in [1.54, 1.807) is 0 Å². The molecule has 8 heteroatoms. The molecule has 2 aliphatic heterocycles. The molecule has 0 radical (unpaired) electrons. The van der Waals surface area contributed by atoms with Crippen molar-refractivity contribution in [2.45, 2.75) is 19.4 Å². The third-order valence-corrected chi connectivity index (χ3v) is 6.79. The number of piperidine rings is 1. The summed E-state index contributed by atoms with van der Waals surface area (Å²) < 4.78 is 24.6. The van der Waals surface area contributed by atoms with Crippen LogP contribution in [0.4, 0.5) is 0 Å². The molecule has 2 fully saturated rings. The fraction of sp³-hybridized carbons (Fsp3) is 0.611. The maximum absolute atomic E-state index is 12.7. The Morgan fingerprint density at radius 2 is 1.77 bits per heavy atom. The molecule has 144 valence electrons. The highest BCUT2D eigenvalue weighted by atomic mass is 35.5. The minimum atomic E-state index is -3.15. The van der Waals surface area contributed by atoms with E-state index in [0.29, 0.717) is 25.9 Å². The average Bonchev–Trinajstić information content (AvgIpc) is 2.61. The summed E-state index contributed by atoms with van der Waals surface area (Å²) in [6, 6.07) is 7.88. The molecule has 0 bridgehead atoms. The van der Waals surface area contributed by atoms with Gasteiger partial charge in [0.25, 0.3) is 0 Å². The van der Waals surface area contributed by atoms with E-state index in [4.69, 9.17) is 11.6 Å². The molecule has 2 aliphatic rings. The Hall–Kier alpha value is -1.15. The van der Waals surface area contributed by atoms with Gasteiger partial charge in [-0.05, 0) is 30.5 Å². The zero-order valence-electron chi connectivity index (χ0n) is 15.1. The predicted octanol–water partition coefficient (Wildman–Crippen LogP) is 1.66. The van der Waals surface area contributed by atoms with Gasteiger partial charge in [0.15, 0.2) is 0 Å². The highest BCUT2D eigenvalue weighted by Gasteiger charge is 2.32. The van der Waals surface area contributed by atoms with E-state index in [2.05, 4.69) is 11.0 Å². The molecule has 6 nitrogen and oxygen atoms in total. The second kappa shape index (κ2) is 8.25. The first kappa shape index (κ1) is 19.6. The lowest BCUT2D eigenvalue weighted by molar-refractivity contribution is -0.138. The van der Waals surface area contributed by atoms with Gasteiger partial charge in [-0.1, -0.05) is 23.7 Å². The van der Waals surface area contributed by atoms with Crippen LogP contribution < -0.4 is 0 Å². The minimum Gasteiger partial charge on any atom is -0.340 e. The lowest BCUT2D eigenvalue weighted by Crippen LogP contribution is -2.51. The number of rotatable bonds is 4. The van der Waals surface area contributed by atoms with Crippen molar-refractivity contribution in [3.63, 3.8) is 0 Å². The van der Waals surface area contributed by atoms with Gasteiger partial charge in [-0.3, -0.25) is 9.69 Å². The van der Waals surface area contributed by atoms with Crippen LogP contribution >= 0.6 is 11.6 Å². The van der Waals surface area contributed by atoms with Crippen molar-refractivity contribution in [1.82, 2.24) is 14.1 Å². The topological polar surface area (TPSA) is 60.9 Å². The van der Waals surface area contributed by atoms with Gasteiger partial charge in [0.2, 0.25) is 15.9 Å². The average molecular weight is 400 g/mol. The number of halogens is 1. The van der Waals surface area contributed by atoms with Crippen LogP contribution in [0.2, 0.25) is 5.02 Å². The summed E-state index contributed by atoms with van der Waals surface area (Å²) in [5.41, 5.74) is 1.19. The van der Waals surface area contributed by atoms with Crippen molar-refractivity contribution in [3.8, 4) is 0 Å². The third kappa shape index (κ3) is 4.97. The van der Waals surface area contributed by atoms with Crippen LogP contribution in [-0.4, -0.2) is 74.0 Å². The second-order valence-corrected chi connectivity index (χ2v) is 9.59. The van der Waals surface area contributed by atoms with E-state index in [9.17, 15) is 13.2 Å². The number of nitrogens with zero attached hydrogens (tertiary/aromatic N) is 3. The van der Waals surface area contributed by atoms with Crippen molar-refractivity contribution in [1.29, 1.82) is 0 Å². The van der Waals surface area contributed by atoms with E-state index in [-0.39, 0.29) is 11.8 Å². The molecule has 1 amide bonds. The first-order valence-corrected chi connectivity index (χ1v) is 11.3. The van der Waals surface area contributed by atoms with E-state index < -0.39 is 10.0 Å². The Morgan fingerprint density at radius 1 is 1.12 bits per heavy atom. The number of sulfonamides is 1. The van der Waals surface area contributed by atoms with Crippen molar-refractivity contribution < 1.29 is 13.2 Å². The summed E-state index contributed by atoms with van der Waals surface area (Å²) >= 11 is 6.04. The molecule has 1 aromatic rings. The number of carbonyl (C=O) groups excluding carboxylic acids is 1. The first-order chi connectivity index (χ1) is 12.3. The zero-order chi connectivity index (χ0) is 18.7. The van der Waals surface area contributed by atoms with Gasteiger partial charge in [0.1, 0.15) is 0 Å². The highest BCUT2D eigenvalue weighted by Crippen LogP contribution is 2.22. The Labute approximate surface area is 160 Å². The molecule has 0 atom stereocenters. The maximum atomic E-state index is 12.7. The molecule has 0 aromatic heterocycles. The molecule has 26 heavy (non-hydrogen) atoms. The van der Waals surface area contributed by atoms with E-state index in [0.717, 1.165) is 37.7 Å². The number of benzene rings is 1. The van der Waals surface area contributed by atoms with Crippen molar-refractivity contribution in [2.24, 2.45) is 5.92 Å². The fourth-order valence-electron chi connectivity index (χ4n) is 3.71. The summed E-state index contributed by atoms with van der Waals surface area (Å²) in [6.07, 6.45) is 2.47. The van der Waals surface area contributed by atoms with Crippen LogP contribution in [0, 0.1) is 5.92 Å². The van der Waals surface area contributed by atoms with Gasteiger partial charge in [0.05, 0.1) is 6.26 Å². The van der Waals surface area contributed by atoms with Crippen LogP contribution in [0.25, 0.3) is 0 Å². The molecule has 2 heterocycles. The van der Waals surface area contributed by atoms with Crippen LogP contribution in [-0.2, 0) is 21.4 Å². The molecule has 0 unspecified atom stereocenters. The summed E-state index contributed by atoms with van der Waals surface area (Å²) in [7, 11) is -3.15. The highest BCUT2D eigenvalue weighted by molar-refractivity contribution is 7.88. The van der Waals surface area contributed by atoms with Crippen LogP contribution in [0.5, 0.6) is 0 Å². The number of carbonyl (C=O) groups is 1. The first-order valence-electron chi connectivity index (χ1n) is 9.03. The van der Waals surface area contributed by atoms with Crippen LogP contribution in [0.3, 0.4) is 0 Å². The normalized spacial score (nSPS) is 21.1. The van der Waals surface area contributed by atoms with Gasteiger partial charge in [-0.2, -0.15) is 0 Å². The van der Waals surface area contributed by atoms with Gasteiger partial charge in [0, 0.05) is 56.8 Å². The largest absolute Gasteiger partial charge is 0.340 e. The standard InChI is InChI=1S/C18H26ClN3O3S/c1-26(24,25)22-7-5-16(6-8-22)18(23)21-11-9-20(10-12-21)14-15-3-2-4-17(19)13-15/h2-4,13,16H,5-12,14H2,1H3. The molecule has 0 N–H and O–H groups in total. The number of hydrogen-bond donors (Lipinski definition) is 0. The van der Waals surface area contributed by atoms with Gasteiger partial charge in [-0.15, -0.1) is 0 Å². The second-order valence-electron chi connectivity index (χ2n) is 7.17. The smallest absolute Gasteiger partial charge is 0.225 e. The van der Waals surface area contributed by atoms with Gasteiger partial charge in [-0.25, -0.2) is 12.7 Å². The molecule has 0 spiro atoms. The SMILES string of the molecule is CS(=O)(=O)N1CCC(C(=O)N2CCN(Cc3cccc(Cl)c3)CC2)CC1. The van der Waals surface area contributed by atoms with Crippen LogP contribution in [0.1, 0.15) is 18.4 Å². The summed E-state index contributed by atoms with van der Waals surface area (Å²) in [5, 5.41) is 0.747. The molecule has 0 saturated carbocycles.